The molecule has 0 spiro atoms. The second kappa shape index (κ2) is 12.1. The van der Waals surface area contributed by atoms with E-state index >= 15 is 0 Å². The van der Waals surface area contributed by atoms with Crippen molar-refractivity contribution in [1.82, 2.24) is 25.1 Å². The molecule has 1 aromatic carbocycles. The highest BCUT2D eigenvalue weighted by Gasteiger charge is 2.36. The maximum absolute atomic E-state index is 13.6. The van der Waals surface area contributed by atoms with Crippen LogP contribution in [0.1, 0.15) is 63.7 Å². The predicted molar refractivity (Wildman–Crippen MR) is 147 cm³/mol. The summed E-state index contributed by atoms with van der Waals surface area (Å²) in [7, 11) is 0. The summed E-state index contributed by atoms with van der Waals surface area (Å²) in [5.74, 6) is 0.102. The zero-order chi connectivity index (χ0) is 27.4. The normalized spacial score (nSPS) is 19.8. The van der Waals surface area contributed by atoms with Crippen molar-refractivity contribution >= 4 is 11.8 Å². The minimum absolute atomic E-state index is 0.171. The summed E-state index contributed by atoms with van der Waals surface area (Å²) in [6.45, 7) is 4.60. The van der Waals surface area contributed by atoms with Crippen molar-refractivity contribution in [2.75, 3.05) is 19.6 Å². The summed E-state index contributed by atoms with van der Waals surface area (Å²) in [6.07, 6.45) is 7.24. The number of aromatic nitrogens is 2. The quantitative estimate of drug-likeness (QED) is 0.336. The second-order valence-corrected chi connectivity index (χ2v) is 10.7. The SMILES string of the molecule is Cc1ccc(CC2CCNC2)c(CNC(=O)[C@@H]2CCCN2C(=O)c2cc(C(O)c3ccncc3)cn2CO)c1. The fourth-order valence-corrected chi connectivity index (χ4v) is 5.76. The van der Waals surface area contributed by atoms with Crippen molar-refractivity contribution in [3.8, 4) is 0 Å². The lowest BCUT2D eigenvalue weighted by molar-refractivity contribution is -0.125. The molecule has 3 aromatic rings. The number of rotatable bonds is 9. The average Bonchev–Trinajstić information content (AvgIpc) is 3.74. The lowest BCUT2D eigenvalue weighted by Crippen LogP contribution is -2.46. The number of carbonyl (C=O) groups excluding carboxylic acids is 2. The molecule has 2 aromatic heterocycles. The zero-order valence-electron chi connectivity index (χ0n) is 22.3. The molecule has 206 valence electrons. The first-order valence-electron chi connectivity index (χ1n) is 13.7. The zero-order valence-corrected chi connectivity index (χ0v) is 22.3. The summed E-state index contributed by atoms with van der Waals surface area (Å²) in [4.78, 5) is 32.5. The molecule has 2 unspecified atom stereocenters. The molecule has 2 aliphatic heterocycles. The molecule has 3 atom stereocenters. The van der Waals surface area contributed by atoms with Crippen LogP contribution in [0.3, 0.4) is 0 Å². The van der Waals surface area contributed by atoms with Crippen molar-refractivity contribution in [3.05, 3.63) is 88.5 Å². The van der Waals surface area contributed by atoms with Crippen molar-refractivity contribution in [2.45, 2.75) is 58.0 Å². The van der Waals surface area contributed by atoms with Gasteiger partial charge in [0.15, 0.2) is 0 Å². The van der Waals surface area contributed by atoms with Crippen molar-refractivity contribution < 1.29 is 19.8 Å². The van der Waals surface area contributed by atoms with Crippen LogP contribution in [0, 0.1) is 12.8 Å². The number of carbonyl (C=O) groups is 2. The molecular weight excluding hydrogens is 494 g/mol. The number of likely N-dealkylation sites (tertiary alicyclic amines) is 1. The molecule has 2 saturated heterocycles. The van der Waals surface area contributed by atoms with Crippen molar-refractivity contribution in [2.24, 2.45) is 5.92 Å². The predicted octanol–water partition coefficient (Wildman–Crippen LogP) is 2.30. The van der Waals surface area contributed by atoms with Gasteiger partial charge in [-0.2, -0.15) is 0 Å². The maximum Gasteiger partial charge on any atom is 0.271 e. The van der Waals surface area contributed by atoms with Gasteiger partial charge in [0, 0.05) is 37.2 Å². The first kappa shape index (κ1) is 27.1. The van der Waals surface area contributed by atoms with Crippen LogP contribution in [-0.2, 0) is 24.5 Å². The molecule has 39 heavy (non-hydrogen) atoms. The molecule has 4 heterocycles. The van der Waals surface area contributed by atoms with Gasteiger partial charge in [-0.25, -0.2) is 0 Å². The van der Waals surface area contributed by atoms with Gasteiger partial charge in [-0.1, -0.05) is 23.8 Å². The second-order valence-electron chi connectivity index (χ2n) is 10.7. The van der Waals surface area contributed by atoms with Crippen LogP contribution in [0.5, 0.6) is 0 Å². The monoisotopic (exact) mass is 531 g/mol. The van der Waals surface area contributed by atoms with Gasteiger partial charge >= 0.3 is 0 Å². The number of hydrogen-bond acceptors (Lipinski definition) is 6. The van der Waals surface area contributed by atoms with E-state index in [2.05, 4.69) is 40.7 Å². The number of benzene rings is 1. The summed E-state index contributed by atoms with van der Waals surface area (Å²) in [5.41, 5.74) is 4.90. The van der Waals surface area contributed by atoms with Crippen LogP contribution in [0.4, 0.5) is 0 Å². The van der Waals surface area contributed by atoms with Gasteiger partial charge < -0.3 is 30.3 Å². The number of aliphatic hydroxyl groups is 2. The lowest BCUT2D eigenvalue weighted by atomic mass is 9.94. The Kier molecular flexibility index (Phi) is 8.40. The topological polar surface area (TPSA) is 120 Å². The van der Waals surface area contributed by atoms with E-state index in [9.17, 15) is 19.8 Å². The van der Waals surface area contributed by atoms with Crippen LogP contribution < -0.4 is 10.6 Å². The van der Waals surface area contributed by atoms with Crippen LogP contribution in [0.2, 0.25) is 0 Å². The molecule has 0 bridgehead atoms. The first-order valence-corrected chi connectivity index (χ1v) is 13.7. The number of hydrogen-bond donors (Lipinski definition) is 4. The number of nitrogens with zero attached hydrogens (tertiary/aromatic N) is 3. The van der Waals surface area contributed by atoms with Gasteiger partial charge in [0.05, 0.1) is 0 Å². The summed E-state index contributed by atoms with van der Waals surface area (Å²) < 4.78 is 1.41. The third kappa shape index (κ3) is 6.06. The summed E-state index contributed by atoms with van der Waals surface area (Å²) in [6, 6.07) is 10.8. The van der Waals surface area contributed by atoms with Gasteiger partial charge in [-0.15, -0.1) is 0 Å². The highest BCUT2D eigenvalue weighted by molar-refractivity contribution is 5.97. The molecule has 2 aliphatic rings. The van der Waals surface area contributed by atoms with E-state index in [0.29, 0.717) is 36.6 Å². The Bertz CT molecular complexity index is 1300. The fourth-order valence-electron chi connectivity index (χ4n) is 5.76. The average molecular weight is 532 g/mol. The molecule has 4 N–H and O–H groups in total. The fraction of sp³-hybridized carbons (Fsp3) is 0.433. The van der Waals surface area contributed by atoms with Gasteiger partial charge in [0.1, 0.15) is 24.6 Å². The van der Waals surface area contributed by atoms with Crippen molar-refractivity contribution in [3.63, 3.8) is 0 Å². The minimum atomic E-state index is -0.964. The van der Waals surface area contributed by atoms with E-state index in [1.807, 2.05) is 0 Å². The molecule has 2 amide bonds. The van der Waals surface area contributed by atoms with Crippen molar-refractivity contribution in [1.29, 1.82) is 0 Å². The summed E-state index contributed by atoms with van der Waals surface area (Å²) >= 11 is 0. The number of aryl methyl sites for hydroxylation is 1. The van der Waals surface area contributed by atoms with Gasteiger partial charge in [-0.3, -0.25) is 14.6 Å². The molecule has 5 rings (SSSR count). The minimum Gasteiger partial charge on any atom is -0.384 e. The Morgan fingerprint density at radius 2 is 1.95 bits per heavy atom. The van der Waals surface area contributed by atoms with E-state index in [1.165, 1.54) is 10.1 Å². The molecular formula is C30H37N5O4. The lowest BCUT2D eigenvalue weighted by Gasteiger charge is -2.24. The molecule has 0 radical (unpaired) electrons. The Labute approximate surface area is 228 Å². The van der Waals surface area contributed by atoms with E-state index < -0.39 is 18.9 Å². The van der Waals surface area contributed by atoms with Gasteiger partial charge in [-0.05, 0) is 86.5 Å². The third-order valence-electron chi connectivity index (χ3n) is 7.93. The molecule has 9 nitrogen and oxygen atoms in total. The Morgan fingerprint density at radius 3 is 2.69 bits per heavy atom. The number of amides is 2. The molecule has 0 aliphatic carbocycles. The Balaban J connectivity index is 1.28. The highest BCUT2D eigenvalue weighted by Crippen LogP contribution is 2.27. The molecule has 0 saturated carbocycles. The van der Waals surface area contributed by atoms with E-state index in [-0.39, 0.29) is 17.5 Å². The van der Waals surface area contributed by atoms with Gasteiger partial charge in [0.25, 0.3) is 5.91 Å². The molecule has 9 heteroatoms. The Morgan fingerprint density at radius 1 is 1.13 bits per heavy atom. The number of pyridine rings is 1. The Hall–Kier alpha value is -3.53. The van der Waals surface area contributed by atoms with Crippen LogP contribution in [0.15, 0.2) is 55.0 Å². The van der Waals surface area contributed by atoms with Crippen LogP contribution >= 0.6 is 0 Å². The van der Waals surface area contributed by atoms with Gasteiger partial charge in [0.2, 0.25) is 5.91 Å². The van der Waals surface area contributed by atoms with E-state index in [4.69, 9.17) is 0 Å². The first-order chi connectivity index (χ1) is 18.9. The van der Waals surface area contributed by atoms with Crippen LogP contribution in [0.25, 0.3) is 0 Å². The van der Waals surface area contributed by atoms with Crippen LogP contribution in [-0.4, -0.2) is 62.2 Å². The molecule has 2 fully saturated rings. The third-order valence-corrected chi connectivity index (χ3v) is 7.93. The smallest absolute Gasteiger partial charge is 0.271 e. The largest absolute Gasteiger partial charge is 0.384 e. The number of aliphatic hydroxyl groups excluding tert-OH is 2. The maximum atomic E-state index is 13.6. The van der Waals surface area contributed by atoms with E-state index in [1.54, 1.807) is 41.7 Å². The highest BCUT2D eigenvalue weighted by atomic mass is 16.3. The number of nitrogens with one attached hydrogen (secondary N) is 2. The van der Waals surface area contributed by atoms with E-state index in [0.717, 1.165) is 43.5 Å². The summed E-state index contributed by atoms with van der Waals surface area (Å²) in [5, 5.41) is 27.3. The standard InChI is InChI=1S/C30H37N5O4/c1-20-4-5-23(14-21-6-9-32-16-21)24(13-20)17-33-29(38)26-3-2-12-35(26)30(39)27-15-25(18-34(27)19-36)28(37)22-7-10-31-11-8-22/h4-5,7-8,10-11,13,15,18,21,26,28,32,36-37H,2-3,6,9,12,14,16-17,19H2,1H3,(H,33,38)/t21?,26-,28?/m0/s1.